The quantitative estimate of drug-likeness (QED) is 0.871. The minimum Gasteiger partial charge on any atom is -0.448 e. The molecule has 2 aromatic rings. The van der Waals surface area contributed by atoms with Crippen molar-refractivity contribution in [3.05, 3.63) is 41.9 Å². The molecule has 1 saturated heterocycles. The average Bonchev–Trinajstić information content (AvgIpc) is 3.05. The molecule has 110 valence electrons. The molecular weight excluding hydrogens is 266 g/mol. The Bertz CT molecular complexity index is 661. The zero-order valence-electron chi connectivity index (χ0n) is 12.5. The molecule has 0 spiro atoms. The Morgan fingerprint density at radius 2 is 2.00 bits per heavy atom. The van der Waals surface area contributed by atoms with E-state index >= 15 is 0 Å². The summed E-state index contributed by atoms with van der Waals surface area (Å²) in [6, 6.07) is 8.19. The SMILES string of the molecule is Cc1ccc(-c2cn(C)c([C@@H](C)N3CCOC3=O)n2)cc1. The number of ether oxygens (including phenoxy) is 1. The summed E-state index contributed by atoms with van der Waals surface area (Å²) in [6.07, 6.45) is 1.74. The molecule has 21 heavy (non-hydrogen) atoms. The zero-order chi connectivity index (χ0) is 15.0. The highest BCUT2D eigenvalue weighted by molar-refractivity contribution is 5.70. The van der Waals surface area contributed by atoms with Gasteiger partial charge < -0.3 is 9.30 Å². The molecule has 1 fully saturated rings. The maximum atomic E-state index is 11.7. The second kappa shape index (κ2) is 5.24. The van der Waals surface area contributed by atoms with Gasteiger partial charge in [0.25, 0.3) is 0 Å². The van der Waals surface area contributed by atoms with Crippen molar-refractivity contribution in [2.75, 3.05) is 13.2 Å². The number of rotatable bonds is 3. The number of amides is 1. The number of aryl methyl sites for hydroxylation is 2. The third kappa shape index (κ3) is 2.51. The smallest absolute Gasteiger partial charge is 0.410 e. The molecule has 1 aromatic carbocycles. The molecule has 2 heterocycles. The Kier molecular flexibility index (Phi) is 3.41. The number of hydrogen-bond donors (Lipinski definition) is 0. The summed E-state index contributed by atoms with van der Waals surface area (Å²) in [5, 5.41) is 0. The van der Waals surface area contributed by atoms with Gasteiger partial charge in [0.05, 0.1) is 18.3 Å². The lowest BCUT2D eigenvalue weighted by Gasteiger charge is -2.20. The van der Waals surface area contributed by atoms with E-state index in [0.29, 0.717) is 13.2 Å². The van der Waals surface area contributed by atoms with Crippen LogP contribution in [0.4, 0.5) is 4.79 Å². The van der Waals surface area contributed by atoms with Crippen molar-refractivity contribution in [1.29, 1.82) is 0 Å². The predicted molar refractivity (Wildman–Crippen MR) is 79.9 cm³/mol. The lowest BCUT2D eigenvalue weighted by atomic mass is 10.1. The summed E-state index contributed by atoms with van der Waals surface area (Å²) in [7, 11) is 1.96. The van der Waals surface area contributed by atoms with Crippen LogP contribution in [-0.4, -0.2) is 33.7 Å². The largest absolute Gasteiger partial charge is 0.448 e. The minimum absolute atomic E-state index is 0.0933. The van der Waals surface area contributed by atoms with Gasteiger partial charge in [0, 0.05) is 18.8 Å². The molecule has 1 atom stereocenters. The van der Waals surface area contributed by atoms with Gasteiger partial charge in [-0.25, -0.2) is 9.78 Å². The maximum Gasteiger partial charge on any atom is 0.410 e. The molecule has 1 amide bonds. The highest BCUT2D eigenvalue weighted by Crippen LogP contribution is 2.26. The Morgan fingerprint density at radius 1 is 1.29 bits per heavy atom. The monoisotopic (exact) mass is 285 g/mol. The Hall–Kier alpha value is -2.30. The number of benzene rings is 1. The lowest BCUT2D eigenvalue weighted by Crippen LogP contribution is -2.29. The molecule has 0 aliphatic carbocycles. The molecule has 3 rings (SSSR count). The third-order valence-electron chi connectivity index (χ3n) is 3.89. The molecule has 0 bridgehead atoms. The Balaban J connectivity index is 1.90. The van der Waals surface area contributed by atoms with E-state index in [1.165, 1.54) is 5.56 Å². The Morgan fingerprint density at radius 3 is 2.62 bits per heavy atom. The van der Waals surface area contributed by atoms with Gasteiger partial charge in [-0.1, -0.05) is 29.8 Å². The van der Waals surface area contributed by atoms with E-state index in [1.807, 2.05) is 24.7 Å². The van der Waals surface area contributed by atoms with Crippen molar-refractivity contribution in [1.82, 2.24) is 14.5 Å². The fourth-order valence-electron chi connectivity index (χ4n) is 2.63. The molecule has 5 nitrogen and oxygen atoms in total. The van der Waals surface area contributed by atoms with Gasteiger partial charge in [-0.2, -0.15) is 0 Å². The Labute approximate surface area is 124 Å². The summed E-state index contributed by atoms with van der Waals surface area (Å²) in [5.74, 6) is 0.865. The summed E-state index contributed by atoms with van der Waals surface area (Å²) in [4.78, 5) is 18.1. The van der Waals surface area contributed by atoms with Gasteiger partial charge in [0.15, 0.2) is 0 Å². The third-order valence-corrected chi connectivity index (χ3v) is 3.89. The van der Waals surface area contributed by atoms with Gasteiger partial charge in [-0.05, 0) is 13.8 Å². The zero-order valence-corrected chi connectivity index (χ0v) is 12.5. The van der Waals surface area contributed by atoms with Crippen molar-refractivity contribution in [3.8, 4) is 11.3 Å². The minimum atomic E-state index is -0.262. The number of cyclic esters (lactones) is 1. The van der Waals surface area contributed by atoms with Crippen LogP contribution in [0.3, 0.4) is 0 Å². The van der Waals surface area contributed by atoms with Crippen LogP contribution in [0.1, 0.15) is 24.4 Å². The van der Waals surface area contributed by atoms with Crippen molar-refractivity contribution < 1.29 is 9.53 Å². The molecule has 1 aliphatic rings. The van der Waals surface area contributed by atoms with E-state index in [2.05, 4.69) is 31.2 Å². The first-order chi connectivity index (χ1) is 10.1. The predicted octanol–water partition coefficient (Wildman–Crippen LogP) is 2.91. The van der Waals surface area contributed by atoms with Gasteiger partial charge >= 0.3 is 6.09 Å². The molecule has 1 aromatic heterocycles. The summed E-state index contributed by atoms with van der Waals surface area (Å²) in [6.45, 7) is 5.12. The first-order valence-electron chi connectivity index (χ1n) is 7.10. The van der Waals surface area contributed by atoms with Crippen molar-refractivity contribution in [2.45, 2.75) is 19.9 Å². The van der Waals surface area contributed by atoms with Crippen LogP contribution in [0.2, 0.25) is 0 Å². The van der Waals surface area contributed by atoms with E-state index in [9.17, 15) is 4.79 Å². The highest BCUT2D eigenvalue weighted by atomic mass is 16.6. The standard InChI is InChI=1S/C16H19N3O2/c1-11-4-6-13(7-5-11)14-10-18(3)15(17-14)12(2)19-8-9-21-16(19)20/h4-7,10,12H,8-9H2,1-3H3/t12-/m1/s1. The summed E-state index contributed by atoms with van der Waals surface area (Å²) >= 11 is 0. The van der Waals surface area contributed by atoms with Crippen LogP contribution in [0.5, 0.6) is 0 Å². The second-order valence-corrected chi connectivity index (χ2v) is 5.45. The van der Waals surface area contributed by atoms with E-state index in [0.717, 1.165) is 17.1 Å². The van der Waals surface area contributed by atoms with Crippen LogP contribution in [0, 0.1) is 6.92 Å². The van der Waals surface area contributed by atoms with Gasteiger partial charge in [-0.15, -0.1) is 0 Å². The van der Waals surface area contributed by atoms with Crippen LogP contribution in [0.15, 0.2) is 30.5 Å². The van der Waals surface area contributed by atoms with Crippen molar-refractivity contribution in [3.63, 3.8) is 0 Å². The summed E-state index contributed by atoms with van der Waals surface area (Å²) in [5.41, 5.74) is 3.23. The second-order valence-electron chi connectivity index (χ2n) is 5.45. The number of aromatic nitrogens is 2. The molecule has 1 aliphatic heterocycles. The van der Waals surface area contributed by atoms with Crippen LogP contribution in [0.25, 0.3) is 11.3 Å². The number of carbonyl (C=O) groups is 1. The normalized spacial score (nSPS) is 16.1. The van der Waals surface area contributed by atoms with Crippen LogP contribution >= 0.6 is 0 Å². The molecule has 5 heteroatoms. The molecule has 0 unspecified atom stereocenters. The van der Waals surface area contributed by atoms with E-state index < -0.39 is 0 Å². The number of hydrogen-bond acceptors (Lipinski definition) is 3. The highest BCUT2D eigenvalue weighted by Gasteiger charge is 2.30. The van der Waals surface area contributed by atoms with E-state index in [-0.39, 0.29) is 12.1 Å². The topological polar surface area (TPSA) is 47.4 Å². The molecular formula is C16H19N3O2. The molecule has 0 saturated carbocycles. The fourth-order valence-corrected chi connectivity index (χ4v) is 2.63. The number of imidazole rings is 1. The van der Waals surface area contributed by atoms with Crippen LogP contribution < -0.4 is 0 Å². The first kappa shape index (κ1) is 13.7. The van der Waals surface area contributed by atoms with Crippen molar-refractivity contribution in [2.24, 2.45) is 7.05 Å². The maximum absolute atomic E-state index is 11.7. The van der Waals surface area contributed by atoms with Gasteiger partial charge in [0.1, 0.15) is 12.4 Å². The summed E-state index contributed by atoms with van der Waals surface area (Å²) < 4.78 is 6.98. The average molecular weight is 285 g/mol. The molecule has 0 N–H and O–H groups in total. The van der Waals surface area contributed by atoms with Gasteiger partial charge in [0.2, 0.25) is 0 Å². The van der Waals surface area contributed by atoms with E-state index in [4.69, 9.17) is 9.72 Å². The lowest BCUT2D eigenvalue weighted by molar-refractivity contribution is 0.148. The van der Waals surface area contributed by atoms with Crippen molar-refractivity contribution >= 4 is 6.09 Å². The first-order valence-corrected chi connectivity index (χ1v) is 7.10. The van der Waals surface area contributed by atoms with Crippen LogP contribution in [-0.2, 0) is 11.8 Å². The fraction of sp³-hybridized carbons (Fsp3) is 0.375. The number of nitrogens with zero attached hydrogens (tertiary/aromatic N) is 3. The molecule has 0 radical (unpaired) electrons. The van der Waals surface area contributed by atoms with Gasteiger partial charge in [-0.3, -0.25) is 4.90 Å². The number of carbonyl (C=O) groups excluding carboxylic acids is 1. The van der Waals surface area contributed by atoms with E-state index in [1.54, 1.807) is 4.90 Å².